The molecule has 0 aliphatic heterocycles. The van der Waals surface area contributed by atoms with E-state index in [1.807, 2.05) is 67.5 Å². The minimum Gasteiger partial charge on any atom is -0.451 e. The molecule has 1 aromatic heterocycles. The van der Waals surface area contributed by atoms with E-state index in [-0.39, 0.29) is 11.7 Å². The lowest BCUT2D eigenvalue weighted by Crippen LogP contribution is -2.16. The van der Waals surface area contributed by atoms with Gasteiger partial charge in [-0.15, -0.1) is 0 Å². The van der Waals surface area contributed by atoms with E-state index in [1.54, 1.807) is 12.3 Å². The minimum atomic E-state index is -0.373. The Balaban J connectivity index is 1.66. The maximum atomic E-state index is 12.0. The summed E-state index contributed by atoms with van der Waals surface area (Å²) in [5.41, 5.74) is 5.16. The number of nitrogens with zero attached hydrogens (tertiary/aromatic N) is 2. The fourth-order valence-corrected chi connectivity index (χ4v) is 2.17. The summed E-state index contributed by atoms with van der Waals surface area (Å²) in [7, 11) is 3.97. The van der Waals surface area contributed by atoms with Crippen LogP contribution < -0.4 is 10.3 Å². The molecular weight excluding hydrogens is 290 g/mol. The molecule has 0 aliphatic carbocycles. The molecule has 116 valence electrons. The van der Waals surface area contributed by atoms with Crippen LogP contribution in [0.2, 0.25) is 0 Å². The van der Waals surface area contributed by atoms with Gasteiger partial charge in [0.1, 0.15) is 5.58 Å². The van der Waals surface area contributed by atoms with E-state index >= 15 is 0 Å². The quantitative estimate of drug-likeness (QED) is 0.594. The number of benzene rings is 2. The summed E-state index contributed by atoms with van der Waals surface area (Å²) >= 11 is 0. The van der Waals surface area contributed by atoms with E-state index in [1.165, 1.54) is 0 Å². The lowest BCUT2D eigenvalue weighted by atomic mass is 10.2. The number of rotatable bonds is 4. The fraction of sp³-hybridized carbons (Fsp3) is 0.111. The van der Waals surface area contributed by atoms with Crippen LogP contribution in [0.3, 0.4) is 0 Å². The zero-order valence-corrected chi connectivity index (χ0v) is 13.0. The van der Waals surface area contributed by atoms with Crippen molar-refractivity contribution in [2.45, 2.75) is 0 Å². The van der Waals surface area contributed by atoms with Gasteiger partial charge < -0.3 is 9.32 Å². The van der Waals surface area contributed by atoms with Gasteiger partial charge in [-0.25, -0.2) is 5.43 Å². The molecule has 3 aromatic rings. The van der Waals surface area contributed by atoms with Gasteiger partial charge >= 0.3 is 5.91 Å². The Morgan fingerprint density at radius 3 is 2.57 bits per heavy atom. The Bertz CT molecular complexity index is 815. The number of furan rings is 1. The van der Waals surface area contributed by atoms with Gasteiger partial charge in [0, 0.05) is 25.2 Å². The molecule has 2 aromatic carbocycles. The molecule has 0 saturated carbocycles. The van der Waals surface area contributed by atoms with Crippen LogP contribution in [0.5, 0.6) is 0 Å². The SMILES string of the molecule is CN(C)c1ccc(C=NNC(=O)c2cc3ccccc3o2)cc1. The Morgan fingerprint density at radius 1 is 1.13 bits per heavy atom. The number of anilines is 1. The number of hydrogen-bond donors (Lipinski definition) is 1. The summed E-state index contributed by atoms with van der Waals surface area (Å²) in [5.74, 6) is -0.131. The normalized spacial score (nSPS) is 11.0. The molecule has 1 N–H and O–H groups in total. The Hall–Kier alpha value is -3.08. The molecule has 0 fully saturated rings. The largest absolute Gasteiger partial charge is 0.451 e. The molecule has 0 unspecified atom stereocenters. The van der Waals surface area contributed by atoms with Crippen LogP contribution in [0, 0.1) is 0 Å². The number of para-hydroxylation sites is 1. The first-order valence-corrected chi connectivity index (χ1v) is 7.23. The van der Waals surface area contributed by atoms with Crippen molar-refractivity contribution in [1.82, 2.24) is 5.43 Å². The summed E-state index contributed by atoms with van der Waals surface area (Å²) in [6, 6.07) is 17.0. The van der Waals surface area contributed by atoms with Crippen LogP contribution >= 0.6 is 0 Å². The zero-order chi connectivity index (χ0) is 16.2. The second-order valence-electron chi connectivity index (χ2n) is 5.33. The van der Waals surface area contributed by atoms with Crippen molar-refractivity contribution in [2.24, 2.45) is 5.10 Å². The van der Waals surface area contributed by atoms with Crippen molar-refractivity contribution in [3.8, 4) is 0 Å². The van der Waals surface area contributed by atoms with Crippen LogP contribution in [0.15, 0.2) is 64.1 Å². The van der Waals surface area contributed by atoms with Crippen molar-refractivity contribution in [2.75, 3.05) is 19.0 Å². The van der Waals surface area contributed by atoms with Crippen LogP contribution in [0.1, 0.15) is 16.1 Å². The standard InChI is InChI=1S/C18H17N3O2/c1-21(2)15-9-7-13(8-10-15)12-19-20-18(22)17-11-14-5-3-4-6-16(14)23-17/h3-12H,1-2H3,(H,20,22). The lowest BCUT2D eigenvalue weighted by Gasteiger charge is -2.11. The van der Waals surface area contributed by atoms with Crippen molar-refractivity contribution < 1.29 is 9.21 Å². The average molecular weight is 307 g/mol. The highest BCUT2D eigenvalue weighted by Crippen LogP contribution is 2.18. The average Bonchev–Trinajstić information content (AvgIpc) is 2.99. The first-order chi connectivity index (χ1) is 11.1. The number of hydrogen-bond acceptors (Lipinski definition) is 4. The summed E-state index contributed by atoms with van der Waals surface area (Å²) in [6.45, 7) is 0. The fourth-order valence-electron chi connectivity index (χ4n) is 2.17. The molecule has 23 heavy (non-hydrogen) atoms. The number of carbonyl (C=O) groups excluding carboxylic acids is 1. The number of carbonyl (C=O) groups is 1. The Morgan fingerprint density at radius 2 is 1.87 bits per heavy atom. The molecule has 0 spiro atoms. The molecule has 0 saturated heterocycles. The first kappa shape index (κ1) is 14.8. The van der Waals surface area contributed by atoms with Crippen molar-refractivity contribution in [3.63, 3.8) is 0 Å². The predicted molar refractivity (Wildman–Crippen MR) is 92.0 cm³/mol. The molecule has 1 heterocycles. The molecule has 1 amide bonds. The van der Waals surface area contributed by atoms with E-state index in [2.05, 4.69) is 10.5 Å². The summed E-state index contributed by atoms with van der Waals surface area (Å²) in [4.78, 5) is 14.0. The van der Waals surface area contributed by atoms with Crippen LogP contribution in [0.4, 0.5) is 5.69 Å². The minimum absolute atomic E-state index is 0.242. The van der Waals surface area contributed by atoms with Gasteiger partial charge in [0.25, 0.3) is 0 Å². The van der Waals surface area contributed by atoms with Crippen molar-refractivity contribution >= 4 is 28.8 Å². The summed E-state index contributed by atoms with van der Waals surface area (Å²) in [5, 5.41) is 4.85. The van der Waals surface area contributed by atoms with Crippen molar-refractivity contribution in [3.05, 3.63) is 65.9 Å². The highest BCUT2D eigenvalue weighted by atomic mass is 16.3. The van der Waals surface area contributed by atoms with E-state index in [9.17, 15) is 4.79 Å². The third kappa shape index (κ3) is 3.40. The molecule has 0 radical (unpaired) electrons. The summed E-state index contributed by atoms with van der Waals surface area (Å²) < 4.78 is 5.48. The van der Waals surface area contributed by atoms with Gasteiger partial charge in [-0.3, -0.25) is 4.79 Å². The second kappa shape index (κ2) is 6.36. The Labute approximate surface area is 134 Å². The van der Waals surface area contributed by atoms with Gasteiger partial charge in [0.15, 0.2) is 5.76 Å². The van der Waals surface area contributed by atoms with Gasteiger partial charge in [0.05, 0.1) is 6.21 Å². The smallest absolute Gasteiger partial charge is 0.307 e. The first-order valence-electron chi connectivity index (χ1n) is 7.23. The molecule has 0 bridgehead atoms. The van der Waals surface area contributed by atoms with E-state index in [4.69, 9.17) is 4.42 Å². The van der Waals surface area contributed by atoms with Gasteiger partial charge in [-0.2, -0.15) is 5.10 Å². The van der Waals surface area contributed by atoms with E-state index in [0.29, 0.717) is 5.58 Å². The van der Waals surface area contributed by atoms with Gasteiger partial charge in [0.2, 0.25) is 0 Å². The highest BCUT2D eigenvalue weighted by molar-refractivity contribution is 5.96. The van der Waals surface area contributed by atoms with E-state index in [0.717, 1.165) is 16.6 Å². The van der Waals surface area contributed by atoms with Crippen LogP contribution in [-0.4, -0.2) is 26.2 Å². The molecular formula is C18H17N3O2. The number of fused-ring (bicyclic) bond motifs is 1. The predicted octanol–water partition coefficient (Wildman–Crippen LogP) is 3.26. The topological polar surface area (TPSA) is 57.8 Å². The van der Waals surface area contributed by atoms with Gasteiger partial charge in [-0.05, 0) is 29.8 Å². The zero-order valence-electron chi connectivity index (χ0n) is 13.0. The summed E-state index contributed by atoms with van der Waals surface area (Å²) in [6.07, 6.45) is 1.60. The van der Waals surface area contributed by atoms with Crippen LogP contribution in [-0.2, 0) is 0 Å². The molecule has 0 atom stereocenters. The van der Waals surface area contributed by atoms with Gasteiger partial charge in [-0.1, -0.05) is 30.3 Å². The maximum Gasteiger partial charge on any atom is 0.307 e. The van der Waals surface area contributed by atoms with E-state index < -0.39 is 0 Å². The molecule has 0 aliphatic rings. The molecule has 5 heteroatoms. The number of hydrazone groups is 1. The molecule has 3 rings (SSSR count). The Kier molecular flexibility index (Phi) is 4.10. The molecule has 5 nitrogen and oxygen atoms in total. The number of amides is 1. The van der Waals surface area contributed by atoms with Crippen LogP contribution in [0.25, 0.3) is 11.0 Å². The maximum absolute atomic E-state index is 12.0. The number of nitrogens with one attached hydrogen (secondary N) is 1. The highest BCUT2D eigenvalue weighted by Gasteiger charge is 2.10. The lowest BCUT2D eigenvalue weighted by molar-refractivity contribution is 0.0929. The van der Waals surface area contributed by atoms with Crippen molar-refractivity contribution in [1.29, 1.82) is 0 Å². The third-order valence-corrected chi connectivity index (χ3v) is 3.44. The monoisotopic (exact) mass is 307 g/mol. The second-order valence-corrected chi connectivity index (χ2v) is 5.33. The third-order valence-electron chi connectivity index (χ3n) is 3.44.